The number of carbonyl (C=O) groups is 1. The number of hydrogen-bond donors (Lipinski definition) is 1. The first kappa shape index (κ1) is 18.4. The smallest absolute Gasteiger partial charge is 0.416 e. The van der Waals surface area contributed by atoms with Crippen molar-refractivity contribution >= 4 is 11.6 Å². The lowest BCUT2D eigenvalue weighted by Crippen LogP contribution is -2.11. The summed E-state index contributed by atoms with van der Waals surface area (Å²) in [6.45, 7) is 0. The molecule has 0 radical (unpaired) electrons. The van der Waals surface area contributed by atoms with E-state index in [4.69, 9.17) is 4.74 Å². The van der Waals surface area contributed by atoms with Crippen molar-refractivity contribution in [2.45, 2.75) is 6.18 Å². The molecule has 0 fully saturated rings. The quantitative estimate of drug-likeness (QED) is 0.699. The highest BCUT2D eigenvalue weighted by Gasteiger charge is 2.30. The SMILES string of the molecule is COc1ccc(NC(=O)c2ccc(-c3cc(C(F)(F)F)ccn3)cc2)cc1. The average molecular weight is 372 g/mol. The van der Waals surface area contributed by atoms with Crippen molar-refractivity contribution in [1.29, 1.82) is 0 Å². The molecular formula is C20H15F3N2O2. The second-order valence-electron chi connectivity index (χ2n) is 5.69. The molecule has 1 heterocycles. The molecule has 27 heavy (non-hydrogen) atoms. The maximum atomic E-state index is 12.8. The molecule has 138 valence electrons. The molecule has 4 nitrogen and oxygen atoms in total. The van der Waals surface area contributed by atoms with Crippen LogP contribution < -0.4 is 10.1 Å². The third kappa shape index (κ3) is 4.44. The summed E-state index contributed by atoms with van der Waals surface area (Å²) in [4.78, 5) is 16.3. The third-order valence-electron chi connectivity index (χ3n) is 3.88. The van der Waals surface area contributed by atoms with Crippen LogP contribution in [0.4, 0.5) is 18.9 Å². The highest BCUT2D eigenvalue weighted by atomic mass is 19.4. The molecule has 1 aromatic heterocycles. The number of carbonyl (C=O) groups excluding carboxylic acids is 1. The van der Waals surface area contributed by atoms with Gasteiger partial charge in [0.25, 0.3) is 5.91 Å². The van der Waals surface area contributed by atoms with Crippen molar-refractivity contribution in [2.24, 2.45) is 0 Å². The van der Waals surface area contributed by atoms with E-state index >= 15 is 0 Å². The molecule has 0 bridgehead atoms. The molecule has 1 amide bonds. The van der Waals surface area contributed by atoms with E-state index in [2.05, 4.69) is 10.3 Å². The molecule has 2 aromatic carbocycles. The van der Waals surface area contributed by atoms with Crippen molar-refractivity contribution in [1.82, 2.24) is 4.98 Å². The van der Waals surface area contributed by atoms with Gasteiger partial charge in [0.05, 0.1) is 18.4 Å². The van der Waals surface area contributed by atoms with Gasteiger partial charge in [-0.1, -0.05) is 12.1 Å². The predicted molar refractivity (Wildman–Crippen MR) is 95.6 cm³/mol. The third-order valence-corrected chi connectivity index (χ3v) is 3.88. The van der Waals surface area contributed by atoms with E-state index in [-0.39, 0.29) is 11.6 Å². The molecule has 7 heteroatoms. The van der Waals surface area contributed by atoms with Crippen molar-refractivity contribution in [2.75, 3.05) is 12.4 Å². The molecule has 1 N–H and O–H groups in total. The Kier molecular flexibility index (Phi) is 5.12. The zero-order valence-electron chi connectivity index (χ0n) is 14.2. The number of nitrogens with zero attached hydrogens (tertiary/aromatic N) is 1. The number of rotatable bonds is 4. The van der Waals surface area contributed by atoms with Crippen LogP contribution in [-0.4, -0.2) is 18.0 Å². The van der Waals surface area contributed by atoms with Gasteiger partial charge in [-0.2, -0.15) is 13.2 Å². The van der Waals surface area contributed by atoms with E-state index < -0.39 is 11.7 Å². The largest absolute Gasteiger partial charge is 0.497 e. The normalized spacial score (nSPS) is 11.1. The fraction of sp³-hybridized carbons (Fsp3) is 0.100. The molecule has 0 atom stereocenters. The minimum atomic E-state index is -4.43. The van der Waals surface area contributed by atoms with Crippen molar-refractivity contribution in [3.63, 3.8) is 0 Å². The molecule has 0 aliphatic carbocycles. The number of nitrogens with one attached hydrogen (secondary N) is 1. The molecule has 0 aliphatic rings. The molecule has 3 aromatic rings. The van der Waals surface area contributed by atoms with E-state index in [9.17, 15) is 18.0 Å². The topological polar surface area (TPSA) is 51.2 Å². The zero-order chi connectivity index (χ0) is 19.4. The molecule has 3 rings (SSSR count). The van der Waals surface area contributed by atoms with E-state index in [1.54, 1.807) is 43.5 Å². The number of pyridine rings is 1. The number of halogens is 3. The zero-order valence-corrected chi connectivity index (χ0v) is 14.2. The number of hydrogen-bond acceptors (Lipinski definition) is 3. The van der Waals surface area contributed by atoms with Crippen LogP contribution in [-0.2, 0) is 6.18 Å². The van der Waals surface area contributed by atoms with Gasteiger partial charge in [-0.05, 0) is 48.5 Å². The van der Waals surface area contributed by atoms with Crippen molar-refractivity contribution < 1.29 is 22.7 Å². The van der Waals surface area contributed by atoms with Crippen molar-refractivity contribution in [3.05, 3.63) is 78.0 Å². The Morgan fingerprint density at radius 1 is 1.00 bits per heavy atom. The number of anilines is 1. The molecule has 0 unspecified atom stereocenters. The summed E-state index contributed by atoms with van der Waals surface area (Å²) in [5.41, 5.74) is 0.883. The number of ether oxygens (including phenoxy) is 1. The van der Waals surface area contributed by atoms with Gasteiger partial charge in [0, 0.05) is 23.0 Å². The van der Waals surface area contributed by atoms with Crippen molar-refractivity contribution in [3.8, 4) is 17.0 Å². The summed E-state index contributed by atoms with van der Waals surface area (Å²) in [6, 6.07) is 14.9. The molecule has 0 saturated heterocycles. The van der Waals surface area contributed by atoms with Gasteiger partial charge in [0.15, 0.2) is 0 Å². The van der Waals surface area contributed by atoms with Crippen LogP contribution in [0.5, 0.6) is 5.75 Å². The van der Waals surface area contributed by atoms with Crippen LogP contribution in [0.1, 0.15) is 15.9 Å². The number of benzene rings is 2. The van der Waals surface area contributed by atoms with E-state index in [0.717, 1.165) is 18.3 Å². The number of amides is 1. The molecule has 0 aliphatic heterocycles. The second kappa shape index (κ2) is 7.49. The van der Waals surface area contributed by atoms with Crippen LogP contribution in [0.3, 0.4) is 0 Å². The number of methoxy groups -OCH3 is 1. The number of alkyl halides is 3. The van der Waals surface area contributed by atoms with Crippen LogP contribution in [0.2, 0.25) is 0 Å². The highest BCUT2D eigenvalue weighted by molar-refractivity contribution is 6.04. The fourth-order valence-electron chi connectivity index (χ4n) is 2.43. The van der Waals surface area contributed by atoms with Gasteiger partial charge in [-0.15, -0.1) is 0 Å². The molecule has 0 spiro atoms. The first-order valence-electron chi connectivity index (χ1n) is 7.96. The Bertz CT molecular complexity index is 937. The summed E-state index contributed by atoms with van der Waals surface area (Å²) in [6.07, 6.45) is -3.32. The maximum Gasteiger partial charge on any atom is 0.416 e. The molecular weight excluding hydrogens is 357 g/mol. The summed E-state index contributed by atoms with van der Waals surface area (Å²) in [5, 5.41) is 2.74. The van der Waals surface area contributed by atoms with Crippen LogP contribution in [0.25, 0.3) is 11.3 Å². The minimum Gasteiger partial charge on any atom is -0.497 e. The Labute approximate surface area is 153 Å². The van der Waals surface area contributed by atoms with Gasteiger partial charge < -0.3 is 10.1 Å². The van der Waals surface area contributed by atoms with Gasteiger partial charge >= 0.3 is 6.18 Å². The second-order valence-corrected chi connectivity index (χ2v) is 5.69. The highest BCUT2D eigenvalue weighted by Crippen LogP contribution is 2.31. The van der Waals surface area contributed by atoms with E-state index in [1.165, 1.54) is 12.1 Å². The van der Waals surface area contributed by atoms with Gasteiger partial charge in [0.2, 0.25) is 0 Å². The lowest BCUT2D eigenvalue weighted by molar-refractivity contribution is -0.137. The van der Waals surface area contributed by atoms with Crippen LogP contribution in [0, 0.1) is 0 Å². The fourth-order valence-corrected chi connectivity index (χ4v) is 2.43. The standard InChI is InChI=1S/C20H15F3N2O2/c1-27-17-8-6-16(7-9-17)25-19(26)14-4-2-13(3-5-14)18-12-15(10-11-24-18)20(21,22)23/h2-12H,1H3,(H,25,26). The lowest BCUT2D eigenvalue weighted by Gasteiger charge is -2.09. The van der Waals surface area contributed by atoms with E-state index in [0.29, 0.717) is 22.6 Å². The van der Waals surface area contributed by atoms with Gasteiger partial charge in [0.1, 0.15) is 5.75 Å². The summed E-state index contributed by atoms with van der Waals surface area (Å²) >= 11 is 0. The Hall–Kier alpha value is -3.35. The van der Waals surface area contributed by atoms with Crippen LogP contribution in [0.15, 0.2) is 66.9 Å². The number of aromatic nitrogens is 1. The summed E-state index contributed by atoms with van der Waals surface area (Å²) in [5.74, 6) is 0.342. The van der Waals surface area contributed by atoms with E-state index in [1.807, 2.05) is 0 Å². The predicted octanol–water partition coefficient (Wildman–Crippen LogP) is 5.03. The summed E-state index contributed by atoms with van der Waals surface area (Å²) < 4.78 is 43.5. The monoisotopic (exact) mass is 372 g/mol. The van der Waals surface area contributed by atoms with Crippen LogP contribution >= 0.6 is 0 Å². The average Bonchev–Trinajstić information content (AvgIpc) is 2.68. The lowest BCUT2D eigenvalue weighted by atomic mass is 10.1. The molecule has 0 saturated carbocycles. The maximum absolute atomic E-state index is 12.8. The first-order chi connectivity index (χ1) is 12.9. The Morgan fingerprint density at radius 3 is 2.26 bits per heavy atom. The van der Waals surface area contributed by atoms with Gasteiger partial charge in [-0.3, -0.25) is 9.78 Å². The van der Waals surface area contributed by atoms with Gasteiger partial charge in [-0.25, -0.2) is 0 Å². The first-order valence-corrected chi connectivity index (χ1v) is 7.96. The Balaban J connectivity index is 1.75. The summed E-state index contributed by atoms with van der Waals surface area (Å²) in [7, 11) is 1.55. The Morgan fingerprint density at radius 2 is 1.67 bits per heavy atom. The minimum absolute atomic E-state index is 0.187.